The van der Waals surface area contributed by atoms with Crippen molar-refractivity contribution in [1.82, 2.24) is 5.32 Å². The Bertz CT molecular complexity index is 388. The summed E-state index contributed by atoms with van der Waals surface area (Å²) in [5.41, 5.74) is 0.572. The van der Waals surface area contributed by atoms with Crippen molar-refractivity contribution in [1.29, 1.82) is 0 Å². The van der Waals surface area contributed by atoms with Crippen molar-refractivity contribution in [3.05, 3.63) is 33.9 Å². The summed E-state index contributed by atoms with van der Waals surface area (Å²) >= 11 is 5.75. The van der Waals surface area contributed by atoms with E-state index >= 15 is 0 Å². The maximum absolute atomic E-state index is 13.9. The van der Waals surface area contributed by atoms with Crippen LogP contribution in [-0.2, 0) is 6.42 Å². The van der Waals surface area contributed by atoms with Crippen LogP contribution in [-0.4, -0.2) is 13.1 Å². The van der Waals surface area contributed by atoms with Crippen molar-refractivity contribution in [2.45, 2.75) is 26.2 Å². The van der Waals surface area contributed by atoms with E-state index in [1.165, 1.54) is 6.07 Å². The van der Waals surface area contributed by atoms with Gasteiger partial charge in [0.05, 0.1) is 5.02 Å². The molecular formula is C13H16ClF2N. The second kappa shape index (κ2) is 5.32. The Hall–Kier alpha value is -0.670. The van der Waals surface area contributed by atoms with Gasteiger partial charge >= 0.3 is 0 Å². The molecule has 0 unspecified atom stereocenters. The fraction of sp³-hybridized carbons (Fsp3) is 0.538. The Kier molecular flexibility index (Phi) is 4.00. The van der Waals surface area contributed by atoms with Gasteiger partial charge in [-0.1, -0.05) is 11.6 Å². The molecule has 1 nitrogen and oxygen atoms in total. The molecule has 17 heavy (non-hydrogen) atoms. The Balaban J connectivity index is 2.24. The van der Waals surface area contributed by atoms with E-state index in [0.29, 0.717) is 17.9 Å². The van der Waals surface area contributed by atoms with Crippen LogP contribution in [0, 0.1) is 24.5 Å². The Morgan fingerprint density at radius 3 is 2.59 bits per heavy atom. The summed E-state index contributed by atoms with van der Waals surface area (Å²) in [4.78, 5) is 0. The predicted molar refractivity (Wildman–Crippen MR) is 65.4 cm³/mol. The lowest BCUT2D eigenvalue weighted by molar-refractivity contribution is 0.363. The van der Waals surface area contributed by atoms with Crippen molar-refractivity contribution in [2.75, 3.05) is 13.1 Å². The highest BCUT2D eigenvalue weighted by Crippen LogP contribution is 2.28. The summed E-state index contributed by atoms with van der Waals surface area (Å²) < 4.78 is 27.7. The lowest BCUT2D eigenvalue weighted by Crippen LogP contribution is -2.29. The number of hydrogen-bond donors (Lipinski definition) is 1. The molecule has 2 rings (SSSR count). The first-order valence-corrected chi connectivity index (χ1v) is 6.31. The van der Waals surface area contributed by atoms with E-state index in [0.717, 1.165) is 25.9 Å². The quantitative estimate of drug-likeness (QED) is 0.802. The van der Waals surface area contributed by atoms with Gasteiger partial charge in [-0.2, -0.15) is 0 Å². The molecule has 0 spiro atoms. The smallest absolute Gasteiger partial charge is 0.147 e. The lowest BCUT2D eigenvalue weighted by atomic mass is 9.90. The van der Waals surface area contributed by atoms with Gasteiger partial charge < -0.3 is 5.32 Å². The third kappa shape index (κ3) is 2.78. The maximum Gasteiger partial charge on any atom is 0.147 e. The Morgan fingerprint density at radius 1 is 1.29 bits per heavy atom. The number of rotatable bonds is 2. The van der Waals surface area contributed by atoms with Gasteiger partial charge in [0, 0.05) is 5.56 Å². The molecule has 1 N–H and O–H groups in total. The molecule has 1 aromatic carbocycles. The van der Waals surface area contributed by atoms with Gasteiger partial charge in [0.25, 0.3) is 0 Å². The zero-order valence-corrected chi connectivity index (χ0v) is 10.6. The van der Waals surface area contributed by atoms with Gasteiger partial charge in [-0.15, -0.1) is 0 Å². The molecule has 1 aromatic rings. The second-order valence-corrected chi connectivity index (χ2v) is 5.09. The fourth-order valence-corrected chi connectivity index (χ4v) is 2.63. The number of benzene rings is 1. The second-order valence-electron chi connectivity index (χ2n) is 4.68. The minimum Gasteiger partial charge on any atom is -0.317 e. The molecule has 1 aliphatic heterocycles. The van der Waals surface area contributed by atoms with Gasteiger partial charge in [0.1, 0.15) is 11.6 Å². The Morgan fingerprint density at radius 2 is 1.94 bits per heavy atom. The topological polar surface area (TPSA) is 12.0 Å². The van der Waals surface area contributed by atoms with E-state index in [1.807, 2.05) is 0 Å². The molecular weight excluding hydrogens is 244 g/mol. The van der Waals surface area contributed by atoms with E-state index in [-0.39, 0.29) is 10.6 Å². The van der Waals surface area contributed by atoms with Crippen LogP contribution in [0.2, 0.25) is 5.02 Å². The average molecular weight is 260 g/mol. The first-order valence-electron chi connectivity index (χ1n) is 5.93. The van der Waals surface area contributed by atoms with E-state index in [4.69, 9.17) is 11.6 Å². The van der Waals surface area contributed by atoms with Crippen LogP contribution in [0.1, 0.15) is 24.0 Å². The van der Waals surface area contributed by atoms with Crippen molar-refractivity contribution in [3.63, 3.8) is 0 Å². The zero-order chi connectivity index (χ0) is 12.4. The van der Waals surface area contributed by atoms with Gasteiger partial charge in [-0.05, 0) is 56.8 Å². The van der Waals surface area contributed by atoms with Gasteiger partial charge in [0.15, 0.2) is 0 Å². The summed E-state index contributed by atoms with van der Waals surface area (Å²) in [6.07, 6.45) is 2.37. The zero-order valence-electron chi connectivity index (χ0n) is 9.82. The van der Waals surface area contributed by atoms with Gasteiger partial charge in [0.2, 0.25) is 0 Å². The highest BCUT2D eigenvalue weighted by atomic mass is 35.5. The third-order valence-corrected chi connectivity index (χ3v) is 3.66. The van der Waals surface area contributed by atoms with Crippen LogP contribution in [0.4, 0.5) is 8.78 Å². The van der Waals surface area contributed by atoms with Crippen molar-refractivity contribution >= 4 is 11.6 Å². The first-order chi connectivity index (χ1) is 8.09. The summed E-state index contributed by atoms with van der Waals surface area (Å²) in [5, 5.41) is 3.26. The standard InChI is InChI=1S/C13H16ClF2N/c1-8-6-11(14)13(16)10(12(8)15)7-9-2-4-17-5-3-9/h6,9,17H,2-5,7H2,1H3. The molecule has 1 heterocycles. The number of hydrogen-bond acceptors (Lipinski definition) is 1. The number of piperidine rings is 1. The summed E-state index contributed by atoms with van der Waals surface area (Å²) in [5.74, 6) is -0.683. The summed E-state index contributed by atoms with van der Waals surface area (Å²) in [6, 6.07) is 1.35. The van der Waals surface area contributed by atoms with Crippen molar-refractivity contribution < 1.29 is 8.78 Å². The van der Waals surface area contributed by atoms with Crippen molar-refractivity contribution in [2.24, 2.45) is 5.92 Å². The molecule has 0 radical (unpaired) electrons. The van der Waals surface area contributed by atoms with E-state index < -0.39 is 11.6 Å². The van der Waals surface area contributed by atoms with Crippen LogP contribution in [0.5, 0.6) is 0 Å². The number of halogens is 3. The minimum atomic E-state index is -0.590. The predicted octanol–water partition coefficient (Wildman–Crippen LogP) is 3.47. The molecule has 1 saturated heterocycles. The monoisotopic (exact) mass is 259 g/mol. The molecule has 0 amide bonds. The molecule has 1 aliphatic rings. The average Bonchev–Trinajstić information content (AvgIpc) is 2.33. The van der Waals surface area contributed by atoms with Crippen LogP contribution >= 0.6 is 11.6 Å². The maximum atomic E-state index is 13.9. The SMILES string of the molecule is Cc1cc(Cl)c(F)c(CC2CCNCC2)c1F. The first kappa shape index (κ1) is 12.8. The lowest BCUT2D eigenvalue weighted by Gasteiger charge is -2.23. The highest BCUT2D eigenvalue weighted by molar-refractivity contribution is 6.30. The Labute approximate surface area is 105 Å². The normalized spacial score (nSPS) is 17.4. The van der Waals surface area contributed by atoms with Crippen LogP contribution in [0.25, 0.3) is 0 Å². The van der Waals surface area contributed by atoms with E-state index in [1.54, 1.807) is 6.92 Å². The summed E-state index contributed by atoms with van der Waals surface area (Å²) in [6.45, 7) is 3.47. The highest BCUT2D eigenvalue weighted by Gasteiger charge is 2.21. The van der Waals surface area contributed by atoms with Crippen LogP contribution in [0.15, 0.2) is 6.07 Å². The molecule has 0 atom stereocenters. The van der Waals surface area contributed by atoms with Crippen LogP contribution in [0.3, 0.4) is 0 Å². The van der Waals surface area contributed by atoms with Crippen LogP contribution < -0.4 is 5.32 Å². The molecule has 0 saturated carbocycles. The molecule has 0 bridgehead atoms. The van der Waals surface area contributed by atoms with Gasteiger partial charge in [-0.3, -0.25) is 0 Å². The molecule has 1 fully saturated rings. The minimum absolute atomic E-state index is 0.0211. The molecule has 0 aliphatic carbocycles. The molecule has 0 aromatic heterocycles. The number of nitrogens with one attached hydrogen (secondary N) is 1. The van der Waals surface area contributed by atoms with Crippen molar-refractivity contribution in [3.8, 4) is 0 Å². The fourth-order valence-electron chi connectivity index (χ4n) is 2.35. The largest absolute Gasteiger partial charge is 0.317 e. The number of aryl methyl sites for hydroxylation is 1. The van der Waals surface area contributed by atoms with Gasteiger partial charge in [-0.25, -0.2) is 8.78 Å². The van der Waals surface area contributed by atoms with E-state index in [2.05, 4.69) is 5.32 Å². The molecule has 94 valence electrons. The van der Waals surface area contributed by atoms with E-state index in [9.17, 15) is 8.78 Å². The molecule has 4 heteroatoms. The summed E-state index contributed by atoms with van der Waals surface area (Å²) in [7, 11) is 0. The third-order valence-electron chi connectivity index (χ3n) is 3.38.